The number of hydrogen-bond donors (Lipinski definition) is 0. The molecule has 0 saturated heterocycles. The molecule has 0 aliphatic carbocycles. The molecular formula is C13H22O. The van der Waals surface area contributed by atoms with Crippen molar-refractivity contribution in [2.24, 2.45) is 0 Å². The summed E-state index contributed by atoms with van der Waals surface area (Å²) in [6.45, 7) is 12.2. The van der Waals surface area contributed by atoms with Gasteiger partial charge in [-0.25, -0.2) is 0 Å². The van der Waals surface area contributed by atoms with Crippen LogP contribution in [0.1, 0.15) is 40.2 Å². The second kappa shape index (κ2) is 5.69. The maximum Gasteiger partial charge on any atom is 0.120 e. The van der Waals surface area contributed by atoms with Gasteiger partial charge in [0.25, 0.3) is 0 Å². The third-order valence-electron chi connectivity index (χ3n) is 1.41. The van der Waals surface area contributed by atoms with E-state index in [4.69, 9.17) is 4.74 Å². The Morgan fingerprint density at radius 3 is 2.07 bits per heavy atom. The van der Waals surface area contributed by atoms with Crippen molar-refractivity contribution in [3.05, 3.63) is 29.8 Å². The molecule has 14 heavy (non-hydrogen) atoms. The fourth-order valence-corrected chi connectivity index (χ4v) is 1.03. The molecule has 0 radical (unpaired) electrons. The molecule has 0 bridgehead atoms. The van der Waals surface area contributed by atoms with Crippen molar-refractivity contribution in [1.29, 1.82) is 0 Å². The van der Waals surface area contributed by atoms with Gasteiger partial charge in [0.15, 0.2) is 0 Å². The summed E-state index contributed by atoms with van der Waals surface area (Å²) in [5, 5.41) is 0. The van der Waals surface area contributed by atoms with Crippen LogP contribution in [0.15, 0.2) is 24.3 Å². The minimum absolute atomic E-state index is 0.103. The van der Waals surface area contributed by atoms with Crippen LogP contribution >= 0.6 is 0 Å². The molecule has 0 heterocycles. The van der Waals surface area contributed by atoms with Crippen LogP contribution in [0.4, 0.5) is 0 Å². The summed E-state index contributed by atoms with van der Waals surface area (Å²) >= 11 is 0. The highest BCUT2D eigenvalue weighted by Gasteiger charge is 2.10. The largest absolute Gasteiger partial charge is 0.488 e. The summed E-state index contributed by atoms with van der Waals surface area (Å²) in [6.07, 6.45) is 0. The molecule has 0 unspecified atom stereocenters. The van der Waals surface area contributed by atoms with E-state index < -0.39 is 0 Å². The smallest absolute Gasteiger partial charge is 0.120 e. The molecule has 1 heteroatoms. The Bertz CT molecular complexity index is 258. The van der Waals surface area contributed by atoms with Crippen molar-refractivity contribution in [3.63, 3.8) is 0 Å². The Labute approximate surface area is 88.1 Å². The van der Waals surface area contributed by atoms with Crippen molar-refractivity contribution >= 4 is 0 Å². The average molecular weight is 194 g/mol. The number of hydrogen-bond acceptors (Lipinski definition) is 1. The van der Waals surface area contributed by atoms with Gasteiger partial charge in [0.05, 0.1) is 0 Å². The van der Waals surface area contributed by atoms with Crippen molar-refractivity contribution in [3.8, 4) is 5.75 Å². The summed E-state index contributed by atoms with van der Waals surface area (Å²) in [5.41, 5.74) is 1.13. The lowest BCUT2D eigenvalue weighted by molar-refractivity contribution is 0.131. The molecule has 0 aliphatic heterocycles. The minimum atomic E-state index is -0.103. The Balaban J connectivity index is 0.000000791. The molecule has 1 aromatic rings. The van der Waals surface area contributed by atoms with Crippen LogP contribution in [0.2, 0.25) is 0 Å². The van der Waals surface area contributed by atoms with Gasteiger partial charge in [0, 0.05) is 0 Å². The second-order valence-corrected chi connectivity index (χ2v) is 4.03. The van der Waals surface area contributed by atoms with E-state index in [0.717, 1.165) is 5.75 Å². The lowest BCUT2D eigenvalue weighted by Gasteiger charge is -2.21. The van der Waals surface area contributed by atoms with Crippen LogP contribution in [-0.2, 0) is 0 Å². The molecule has 0 amide bonds. The van der Waals surface area contributed by atoms with E-state index in [9.17, 15) is 0 Å². The number of ether oxygens (including phenoxy) is 1. The molecule has 0 N–H and O–H groups in total. The van der Waals surface area contributed by atoms with E-state index in [1.807, 2.05) is 32.0 Å². The SMILES string of the molecule is CC.Cc1cccc(OC(C)(C)C)c1. The standard InChI is InChI=1S/C11H16O.C2H6/c1-9-6-5-7-10(8-9)12-11(2,3)4;1-2/h5-8H,1-4H3;1-2H3. The third-order valence-corrected chi connectivity index (χ3v) is 1.41. The fraction of sp³-hybridized carbons (Fsp3) is 0.538. The van der Waals surface area contributed by atoms with Gasteiger partial charge in [-0.15, -0.1) is 0 Å². The van der Waals surface area contributed by atoms with Gasteiger partial charge in [-0.05, 0) is 45.4 Å². The number of rotatable bonds is 1. The molecule has 0 saturated carbocycles. The lowest BCUT2D eigenvalue weighted by atomic mass is 10.2. The first kappa shape index (κ1) is 13.0. The molecular weight excluding hydrogens is 172 g/mol. The first-order valence-electron chi connectivity index (χ1n) is 5.23. The van der Waals surface area contributed by atoms with E-state index in [2.05, 4.69) is 33.8 Å². The summed E-state index contributed by atoms with van der Waals surface area (Å²) in [6, 6.07) is 8.11. The summed E-state index contributed by atoms with van der Waals surface area (Å²) in [4.78, 5) is 0. The third kappa shape index (κ3) is 5.63. The molecule has 1 aromatic carbocycles. The van der Waals surface area contributed by atoms with Gasteiger partial charge in [0.1, 0.15) is 11.4 Å². The highest BCUT2D eigenvalue weighted by atomic mass is 16.5. The maximum absolute atomic E-state index is 5.68. The van der Waals surface area contributed by atoms with Crippen LogP contribution in [0, 0.1) is 6.92 Å². The Morgan fingerprint density at radius 2 is 1.64 bits per heavy atom. The molecule has 0 aromatic heterocycles. The van der Waals surface area contributed by atoms with Gasteiger partial charge in [-0.2, -0.15) is 0 Å². The molecule has 80 valence electrons. The number of benzene rings is 1. The highest BCUT2D eigenvalue weighted by molar-refractivity contribution is 5.27. The molecule has 1 nitrogen and oxygen atoms in total. The van der Waals surface area contributed by atoms with Crippen LogP contribution in [0.5, 0.6) is 5.75 Å². The van der Waals surface area contributed by atoms with E-state index in [1.54, 1.807) is 0 Å². The molecule has 0 aliphatic rings. The topological polar surface area (TPSA) is 9.23 Å². The zero-order valence-corrected chi connectivity index (χ0v) is 10.2. The summed E-state index contributed by atoms with van der Waals surface area (Å²) in [7, 11) is 0. The quantitative estimate of drug-likeness (QED) is 0.651. The van der Waals surface area contributed by atoms with Gasteiger partial charge >= 0.3 is 0 Å². The summed E-state index contributed by atoms with van der Waals surface area (Å²) in [5.74, 6) is 0.947. The van der Waals surface area contributed by atoms with Crippen molar-refractivity contribution in [2.45, 2.75) is 47.1 Å². The van der Waals surface area contributed by atoms with E-state index in [-0.39, 0.29) is 5.60 Å². The normalized spacial score (nSPS) is 10.1. The lowest BCUT2D eigenvalue weighted by Crippen LogP contribution is -2.22. The van der Waals surface area contributed by atoms with Crippen LogP contribution in [-0.4, -0.2) is 5.60 Å². The first-order valence-corrected chi connectivity index (χ1v) is 5.23. The van der Waals surface area contributed by atoms with E-state index >= 15 is 0 Å². The molecule has 0 atom stereocenters. The van der Waals surface area contributed by atoms with Gasteiger partial charge in [-0.3, -0.25) is 0 Å². The number of aryl methyl sites for hydroxylation is 1. The average Bonchev–Trinajstić information content (AvgIpc) is 2.04. The van der Waals surface area contributed by atoms with E-state index in [1.165, 1.54) is 5.56 Å². The monoisotopic (exact) mass is 194 g/mol. The van der Waals surface area contributed by atoms with Gasteiger partial charge in [-0.1, -0.05) is 26.0 Å². The fourth-order valence-electron chi connectivity index (χ4n) is 1.03. The Hall–Kier alpha value is -0.980. The molecule has 0 spiro atoms. The first-order chi connectivity index (χ1) is 6.47. The zero-order valence-electron chi connectivity index (χ0n) is 10.2. The van der Waals surface area contributed by atoms with Crippen molar-refractivity contribution in [1.82, 2.24) is 0 Å². The Morgan fingerprint density at radius 1 is 1.07 bits per heavy atom. The van der Waals surface area contributed by atoms with Gasteiger partial charge < -0.3 is 4.74 Å². The predicted molar refractivity (Wildman–Crippen MR) is 62.9 cm³/mol. The van der Waals surface area contributed by atoms with Crippen molar-refractivity contribution in [2.75, 3.05) is 0 Å². The van der Waals surface area contributed by atoms with Crippen LogP contribution in [0.3, 0.4) is 0 Å². The van der Waals surface area contributed by atoms with Crippen molar-refractivity contribution < 1.29 is 4.74 Å². The molecule has 0 fully saturated rings. The maximum atomic E-state index is 5.68. The minimum Gasteiger partial charge on any atom is -0.488 e. The predicted octanol–water partition coefficient (Wildman–Crippen LogP) is 4.20. The van der Waals surface area contributed by atoms with Crippen LogP contribution in [0.25, 0.3) is 0 Å². The van der Waals surface area contributed by atoms with E-state index in [0.29, 0.717) is 0 Å². The second-order valence-electron chi connectivity index (χ2n) is 4.03. The summed E-state index contributed by atoms with van der Waals surface area (Å²) < 4.78 is 5.68. The zero-order chi connectivity index (χ0) is 11.2. The Kier molecular flexibility index (Phi) is 5.29. The highest BCUT2D eigenvalue weighted by Crippen LogP contribution is 2.18. The molecule has 1 rings (SSSR count). The van der Waals surface area contributed by atoms with Gasteiger partial charge in [0.2, 0.25) is 0 Å². The van der Waals surface area contributed by atoms with Crippen LogP contribution < -0.4 is 4.74 Å².